The first kappa shape index (κ1) is 26.9. The Morgan fingerprint density at radius 2 is 2.00 bits per heavy atom. The SMILES string of the molecule is C=CCN1C(=O)NC(c2cccc(F)c2)C(C(=O)OCC)=C1CN1CCN(C(=O)C2CCCC2)C(C)C1. The molecule has 1 saturated heterocycles. The topological polar surface area (TPSA) is 82.2 Å². The van der Waals surface area contributed by atoms with Gasteiger partial charge in [0.15, 0.2) is 0 Å². The molecule has 1 aromatic rings. The number of ether oxygens (including phenoxy) is 1. The van der Waals surface area contributed by atoms with Crippen LogP contribution in [0.25, 0.3) is 0 Å². The van der Waals surface area contributed by atoms with Gasteiger partial charge in [0.1, 0.15) is 5.82 Å². The van der Waals surface area contributed by atoms with Crippen molar-refractivity contribution in [2.24, 2.45) is 5.92 Å². The molecule has 2 atom stereocenters. The van der Waals surface area contributed by atoms with Crippen LogP contribution in [0.15, 0.2) is 48.2 Å². The van der Waals surface area contributed by atoms with Gasteiger partial charge in [-0.25, -0.2) is 14.0 Å². The molecular weight excluding hydrogens is 475 g/mol. The van der Waals surface area contributed by atoms with Crippen LogP contribution in [0.5, 0.6) is 0 Å². The van der Waals surface area contributed by atoms with Gasteiger partial charge in [-0.05, 0) is 44.4 Å². The Kier molecular flexibility index (Phi) is 8.63. The molecule has 37 heavy (non-hydrogen) atoms. The largest absolute Gasteiger partial charge is 0.463 e. The van der Waals surface area contributed by atoms with Crippen LogP contribution in [-0.2, 0) is 14.3 Å². The summed E-state index contributed by atoms with van der Waals surface area (Å²) in [5.41, 5.74) is 1.26. The lowest BCUT2D eigenvalue weighted by atomic mass is 9.93. The van der Waals surface area contributed by atoms with Crippen molar-refractivity contribution < 1.29 is 23.5 Å². The first-order valence-corrected chi connectivity index (χ1v) is 13.2. The second-order valence-electron chi connectivity index (χ2n) is 10.0. The number of benzene rings is 1. The van der Waals surface area contributed by atoms with Crippen LogP contribution in [0.4, 0.5) is 9.18 Å². The van der Waals surface area contributed by atoms with Gasteiger partial charge in [-0.3, -0.25) is 14.6 Å². The second kappa shape index (κ2) is 11.9. The van der Waals surface area contributed by atoms with Crippen LogP contribution in [0, 0.1) is 11.7 Å². The molecule has 3 aliphatic rings. The van der Waals surface area contributed by atoms with Gasteiger partial charge in [0, 0.05) is 50.4 Å². The third-order valence-electron chi connectivity index (χ3n) is 7.50. The minimum Gasteiger partial charge on any atom is -0.463 e. The molecule has 1 aromatic carbocycles. The van der Waals surface area contributed by atoms with Crippen molar-refractivity contribution in [3.63, 3.8) is 0 Å². The summed E-state index contributed by atoms with van der Waals surface area (Å²) in [6.45, 7) is 10.1. The van der Waals surface area contributed by atoms with Gasteiger partial charge in [0.25, 0.3) is 0 Å². The Morgan fingerprint density at radius 3 is 2.65 bits per heavy atom. The van der Waals surface area contributed by atoms with E-state index in [0.29, 0.717) is 37.4 Å². The Bertz CT molecular complexity index is 1070. The van der Waals surface area contributed by atoms with Crippen molar-refractivity contribution in [1.82, 2.24) is 20.0 Å². The third-order valence-corrected chi connectivity index (χ3v) is 7.50. The average molecular weight is 513 g/mol. The van der Waals surface area contributed by atoms with Crippen molar-refractivity contribution in [1.29, 1.82) is 0 Å². The van der Waals surface area contributed by atoms with Gasteiger partial charge in [0.05, 0.1) is 18.2 Å². The molecule has 1 saturated carbocycles. The summed E-state index contributed by atoms with van der Waals surface area (Å²) in [6.07, 6.45) is 5.77. The van der Waals surface area contributed by atoms with Crippen molar-refractivity contribution in [2.75, 3.05) is 39.3 Å². The predicted molar refractivity (Wildman–Crippen MR) is 138 cm³/mol. The zero-order valence-corrected chi connectivity index (χ0v) is 21.7. The van der Waals surface area contributed by atoms with E-state index in [1.807, 2.05) is 11.8 Å². The molecule has 0 aromatic heterocycles. The molecule has 9 heteroatoms. The number of halogens is 1. The lowest BCUT2D eigenvalue weighted by Crippen LogP contribution is -2.57. The number of rotatable bonds is 8. The van der Waals surface area contributed by atoms with Crippen LogP contribution in [-0.4, -0.2) is 78.0 Å². The maximum absolute atomic E-state index is 14.1. The van der Waals surface area contributed by atoms with E-state index in [1.165, 1.54) is 17.0 Å². The highest BCUT2D eigenvalue weighted by molar-refractivity contribution is 5.95. The smallest absolute Gasteiger partial charge is 0.338 e. The van der Waals surface area contributed by atoms with Crippen molar-refractivity contribution in [3.05, 3.63) is 59.6 Å². The van der Waals surface area contributed by atoms with Crippen LogP contribution >= 0.6 is 0 Å². The predicted octanol–water partition coefficient (Wildman–Crippen LogP) is 3.62. The molecule has 1 aliphatic carbocycles. The minimum atomic E-state index is -0.846. The van der Waals surface area contributed by atoms with Crippen LogP contribution in [0.1, 0.15) is 51.1 Å². The number of nitrogens with zero attached hydrogens (tertiary/aromatic N) is 3. The lowest BCUT2D eigenvalue weighted by molar-refractivity contribution is -0.140. The van der Waals surface area contributed by atoms with E-state index in [1.54, 1.807) is 25.1 Å². The average Bonchev–Trinajstić information content (AvgIpc) is 3.41. The summed E-state index contributed by atoms with van der Waals surface area (Å²) in [4.78, 5) is 45.2. The molecule has 200 valence electrons. The molecular formula is C28H37FN4O4. The molecule has 8 nitrogen and oxygen atoms in total. The molecule has 0 radical (unpaired) electrons. The van der Waals surface area contributed by atoms with E-state index >= 15 is 0 Å². The van der Waals surface area contributed by atoms with Gasteiger partial charge in [-0.2, -0.15) is 0 Å². The number of amides is 3. The van der Waals surface area contributed by atoms with Gasteiger partial charge in [0.2, 0.25) is 5.91 Å². The molecule has 0 spiro atoms. The maximum Gasteiger partial charge on any atom is 0.338 e. The van der Waals surface area contributed by atoms with Gasteiger partial charge in [-0.1, -0.05) is 31.1 Å². The molecule has 2 fully saturated rings. The highest BCUT2D eigenvalue weighted by Gasteiger charge is 2.40. The molecule has 3 amide bonds. The number of carbonyl (C=O) groups excluding carboxylic acids is 3. The van der Waals surface area contributed by atoms with Crippen molar-refractivity contribution in [3.8, 4) is 0 Å². The van der Waals surface area contributed by atoms with Gasteiger partial charge < -0.3 is 15.0 Å². The maximum atomic E-state index is 14.1. The Hall–Kier alpha value is -3.20. The molecule has 2 aliphatic heterocycles. The summed E-state index contributed by atoms with van der Waals surface area (Å²) >= 11 is 0. The van der Waals surface area contributed by atoms with E-state index in [0.717, 1.165) is 25.7 Å². The van der Waals surface area contributed by atoms with E-state index in [9.17, 15) is 18.8 Å². The highest BCUT2D eigenvalue weighted by Crippen LogP contribution is 2.33. The zero-order chi connectivity index (χ0) is 26.5. The van der Waals surface area contributed by atoms with E-state index in [2.05, 4.69) is 16.8 Å². The zero-order valence-electron chi connectivity index (χ0n) is 21.7. The number of carbonyl (C=O) groups is 3. The fourth-order valence-electron chi connectivity index (χ4n) is 5.70. The third kappa shape index (κ3) is 5.87. The number of piperazine rings is 1. The van der Waals surface area contributed by atoms with Gasteiger partial charge in [-0.15, -0.1) is 6.58 Å². The number of esters is 1. The molecule has 4 rings (SSSR count). The second-order valence-corrected chi connectivity index (χ2v) is 10.0. The number of nitrogens with one attached hydrogen (secondary N) is 1. The number of hydrogen-bond donors (Lipinski definition) is 1. The van der Waals surface area contributed by atoms with E-state index in [-0.39, 0.29) is 42.6 Å². The quantitative estimate of drug-likeness (QED) is 0.425. The normalized spacial score (nSPS) is 23.3. The van der Waals surface area contributed by atoms with Gasteiger partial charge >= 0.3 is 12.0 Å². The lowest BCUT2D eigenvalue weighted by Gasteiger charge is -2.43. The van der Waals surface area contributed by atoms with E-state index < -0.39 is 17.8 Å². The number of hydrogen-bond acceptors (Lipinski definition) is 5. The Balaban J connectivity index is 1.64. The number of urea groups is 1. The summed E-state index contributed by atoms with van der Waals surface area (Å²) in [5.74, 6) is -0.636. The fourth-order valence-corrected chi connectivity index (χ4v) is 5.70. The fraction of sp³-hybridized carbons (Fsp3) is 0.536. The summed E-state index contributed by atoms with van der Waals surface area (Å²) in [5, 5.41) is 2.86. The minimum absolute atomic E-state index is 0.0118. The molecule has 2 heterocycles. The summed E-state index contributed by atoms with van der Waals surface area (Å²) < 4.78 is 19.5. The van der Waals surface area contributed by atoms with Crippen LogP contribution in [0.2, 0.25) is 0 Å². The first-order chi connectivity index (χ1) is 17.8. The molecule has 0 bridgehead atoms. The summed E-state index contributed by atoms with van der Waals surface area (Å²) in [6, 6.07) is 4.65. The Labute approximate surface area is 218 Å². The molecule has 2 unspecified atom stereocenters. The van der Waals surface area contributed by atoms with E-state index in [4.69, 9.17) is 4.74 Å². The monoisotopic (exact) mass is 512 g/mol. The van der Waals surface area contributed by atoms with Crippen LogP contribution in [0.3, 0.4) is 0 Å². The van der Waals surface area contributed by atoms with Crippen LogP contribution < -0.4 is 5.32 Å². The van der Waals surface area contributed by atoms with Crippen molar-refractivity contribution in [2.45, 2.75) is 51.6 Å². The standard InChI is InChI=1S/C28H37FN4O4/c1-4-13-33-23(18-31-14-15-32(19(3)17-31)26(34)20-9-6-7-10-20)24(27(35)37-5-2)25(30-28(33)36)21-11-8-12-22(29)16-21/h4,8,11-12,16,19-20,25H,1,5-7,9-10,13-15,17-18H2,2-3H3,(H,30,36). The Morgan fingerprint density at radius 1 is 1.24 bits per heavy atom. The summed E-state index contributed by atoms with van der Waals surface area (Å²) in [7, 11) is 0. The van der Waals surface area contributed by atoms with Crippen molar-refractivity contribution >= 4 is 17.9 Å². The first-order valence-electron chi connectivity index (χ1n) is 13.2. The highest BCUT2D eigenvalue weighted by atomic mass is 19.1. The molecule has 1 N–H and O–H groups in total.